The van der Waals surface area contributed by atoms with Gasteiger partial charge in [0.2, 0.25) is 0 Å². The maximum absolute atomic E-state index is 8.62. The van der Waals surface area contributed by atoms with Crippen molar-refractivity contribution < 1.29 is 20.9 Å². The molecule has 114 valence electrons. The largest absolute Gasteiger partial charge is 0.496 e. The summed E-state index contributed by atoms with van der Waals surface area (Å²) in [6, 6.07) is 3.14. The van der Waals surface area contributed by atoms with Crippen LogP contribution in [0.4, 0.5) is 0 Å². The van der Waals surface area contributed by atoms with Crippen LogP contribution in [0.3, 0.4) is 0 Å². The summed E-state index contributed by atoms with van der Waals surface area (Å²) < 4.78 is 58.1. The van der Waals surface area contributed by atoms with Gasteiger partial charge in [-0.2, -0.15) is 0 Å². The van der Waals surface area contributed by atoms with Crippen molar-refractivity contribution in [3.63, 3.8) is 0 Å². The molecule has 3 rings (SSSR count). The summed E-state index contributed by atoms with van der Waals surface area (Å²) in [5.41, 5.74) is -0.328. The summed E-state index contributed by atoms with van der Waals surface area (Å²) in [5, 5.41) is 0. The van der Waals surface area contributed by atoms with E-state index in [-0.39, 0.29) is 18.9 Å². The van der Waals surface area contributed by atoms with Crippen molar-refractivity contribution in [2.75, 3.05) is 13.2 Å². The maximum atomic E-state index is 8.62. The highest BCUT2D eigenvalue weighted by Gasteiger charge is 2.51. The summed E-state index contributed by atoms with van der Waals surface area (Å²) in [6.07, 6.45) is -2.96. The van der Waals surface area contributed by atoms with Crippen LogP contribution in [-0.2, 0) is 14.0 Å². The summed E-state index contributed by atoms with van der Waals surface area (Å²) in [4.78, 5) is 4.22. The molecule has 2 aliphatic heterocycles. The first-order valence-electron chi connectivity index (χ1n) is 9.63. The first kappa shape index (κ1) is 9.98. The molecular weight excluding hydrogens is 265 g/mol. The lowest BCUT2D eigenvalue weighted by Gasteiger charge is -2.32. The van der Waals surface area contributed by atoms with E-state index in [2.05, 4.69) is 4.98 Å². The van der Waals surface area contributed by atoms with Crippen molar-refractivity contribution in [3.8, 4) is 0 Å². The van der Waals surface area contributed by atoms with E-state index in [0.717, 1.165) is 0 Å². The topological polar surface area (TPSA) is 40.6 Å². The maximum Gasteiger partial charge on any atom is 0.496 e. The van der Waals surface area contributed by atoms with Gasteiger partial charge >= 0.3 is 7.12 Å². The smallest absolute Gasteiger partial charge is 0.399 e. The van der Waals surface area contributed by atoms with Crippen LogP contribution in [0.5, 0.6) is 0 Å². The van der Waals surface area contributed by atoms with Gasteiger partial charge in [-0.15, -0.1) is 0 Å². The molecular formula is C16H24BNO3. The van der Waals surface area contributed by atoms with E-state index in [1.54, 1.807) is 6.07 Å². The summed E-state index contributed by atoms with van der Waals surface area (Å²) >= 11 is 0. The predicted octanol–water partition coefficient (Wildman–Crippen LogP) is 2.27. The van der Waals surface area contributed by atoms with Crippen LogP contribution in [-0.4, -0.2) is 36.5 Å². The average Bonchev–Trinajstić information content (AvgIpc) is 2.73. The van der Waals surface area contributed by atoms with Crippen LogP contribution >= 0.6 is 0 Å². The second-order valence-corrected chi connectivity index (χ2v) is 6.29. The molecule has 4 nitrogen and oxygen atoms in total. The SMILES string of the molecule is [2H]C1([2H])COCC([2H])([2H])C1([2H])c1ccc(B2OC(C)(C)C(C)(C)O2)cn1. The Bertz CT molecular complexity index is 664. The third kappa shape index (κ3) is 2.87. The molecule has 0 radical (unpaired) electrons. The van der Waals surface area contributed by atoms with Crippen LogP contribution in [0, 0.1) is 0 Å². The van der Waals surface area contributed by atoms with Gasteiger partial charge in [-0.3, -0.25) is 4.98 Å². The molecule has 0 aliphatic carbocycles. The lowest BCUT2D eigenvalue weighted by Crippen LogP contribution is -2.41. The number of pyridine rings is 1. The van der Waals surface area contributed by atoms with Crippen molar-refractivity contribution in [3.05, 3.63) is 24.0 Å². The Balaban J connectivity index is 1.93. The predicted molar refractivity (Wildman–Crippen MR) is 82.7 cm³/mol. The monoisotopic (exact) mass is 294 g/mol. The van der Waals surface area contributed by atoms with Crippen LogP contribution in [0.1, 0.15) is 58.9 Å². The third-order valence-electron chi connectivity index (χ3n) is 4.27. The molecule has 21 heavy (non-hydrogen) atoms. The van der Waals surface area contributed by atoms with Crippen molar-refractivity contribution in [1.29, 1.82) is 0 Å². The zero-order valence-corrected chi connectivity index (χ0v) is 12.9. The van der Waals surface area contributed by atoms with Crippen LogP contribution in [0.15, 0.2) is 18.3 Å². The van der Waals surface area contributed by atoms with E-state index in [4.69, 9.17) is 20.9 Å². The molecule has 1 aromatic rings. The summed E-state index contributed by atoms with van der Waals surface area (Å²) in [5.74, 6) is -2.17. The molecule has 0 atom stereocenters. The highest BCUT2D eigenvalue weighted by atomic mass is 16.7. The summed E-state index contributed by atoms with van der Waals surface area (Å²) in [7, 11) is -0.619. The van der Waals surface area contributed by atoms with Crippen LogP contribution in [0.2, 0.25) is 0 Å². The molecule has 0 aromatic carbocycles. The number of hydrogen-bond donors (Lipinski definition) is 0. The van der Waals surface area contributed by atoms with E-state index < -0.39 is 37.0 Å². The number of nitrogens with zero attached hydrogens (tertiary/aromatic N) is 1. The molecule has 0 bridgehead atoms. The van der Waals surface area contributed by atoms with Gasteiger partial charge in [0.25, 0.3) is 0 Å². The minimum Gasteiger partial charge on any atom is -0.399 e. The Morgan fingerprint density at radius 2 is 1.81 bits per heavy atom. The van der Waals surface area contributed by atoms with E-state index in [1.807, 2.05) is 27.7 Å². The van der Waals surface area contributed by atoms with E-state index >= 15 is 0 Å². The quantitative estimate of drug-likeness (QED) is 0.785. The molecule has 2 aliphatic rings. The van der Waals surface area contributed by atoms with Gasteiger partial charge < -0.3 is 14.0 Å². The minimum atomic E-state index is -2.21. The van der Waals surface area contributed by atoms with Crippen molar-refractivity contribution in [2.24, 2.45) is 0 Å². The first-order chi connectivity index (χ1) is 11.7. The Labute approximate surface area is 134 Å². The van der Waals surface area contributed by atoms with Crippen molar-refractivity contribution in [2.45, 2.75) is 57.5 Å². The van der Waals surface area contributed by atoms with E-state index in [0.29, 0.717) is 5.46 Å². The van der Waals surface area contributed by atoms with Gasteiger partial charge in [0.1, 0.15) is 0 Å². The second-order valence-electron chi connectivity index (χ2n) is 6.29. The highest BCUT2D eigenvalue weighted by molar-refractivity contribution is 6.62. The standard InChI is InChI=1S/C16H24BNO3/c1-15(2)16(3,4)21-17(20-15)13-5-6-14(18-11-13)12-7-9-19-10-8-12/h5-6,11-12H,7-10H2,1-4H3/i7D2,8D2,12D. The molecule has 3 heterocycles. The lowest BCUT2D eigenvalue weighted by molar-refractivity contribution is 0.00578. The molecule has 0 spiro atoms. The molecule has 5 heteroatoms. The molecule has 2 saturated heterocycles. The van der Waals surface area contributed by atoms with Gasteiger partial charge in [-0.1, -0.05) is 6.07 Å². The Morgan fingerprint density at radius 1 is 1.19 bits per heavy atom. The zero-order valence-electron chi connectivity index (χ0n) is 17.9. The Kier molecular flexibility index (Phi) is 2.56. The molecule has 0 amide bonds. The molecule has 2 fully saturated rings. The van der Waals surface area contributed by atoms with Gasteiger partial charge in [0.15, 0.2) is 0 Å². The second kappa shape index (κ2) is 5.38. The average molecular weight is 294 g/mol. The number of hydrogen-bond acceptors (Lipinski definition) is 4. The molecule has 1 aromatic heterocycles. The molecule has 0 unspecified atom stereocenters. The van der Waals surface area contributed by atoms with Crippen LogP contribution < -0.4 is 5.46 Å². The minimum absolute atomic E-state index is 0.0241. The van der Waals surface area contributed by atoms with Crippen molar-refractivity contribution >= 4 is 12.6 Å². The van der Waals surface area contributed by atoms with Gasteiger partial charge in [0, 0.05) is 43.3 Å². The lowest BCUT2D eigenvalue weighted by atomic mass is 9.80. The van der Waals surface area contributed by atoms with E-state index in [9.17, 15) is 0 Å². The Morgan fingerprint density at radius 3 is 2.33 bits per heavy atom. The number of ether oxygens (including phenoxy) is 1. The number of aromatic nitrogens is 1. The van der Waals surface area contributed by atoms with Crippen molar-refractivity contribution in [1.82, 2.24) is 4.98 Å². The zero-order chi connectivity index (χ0) is 19.6. The normalized spacial score (nSPS) is 35.0. The Hall–Kier alpha value is -0.905. The van der Waals surface area contributed by atoms with Crippen LogP contribution in [0.25, 0.3) is 0 Å². The first-order valence-corrected chi connectivity index (χ1v) is 7.13. The van der Waals surface area contributed by atoms with Gasteiger partial charge in [-0.25, -0.2) is 0 Å². The van der Waals surface area contributed by atoms with E-state index in [1.165, 1.54) is 12.3 Å². The fourth-order valence-electron chi connectivity index (χ4n) is 2.21. The third-order valence-corrected chi connectivity index (χ3v) is 4.27. The fraction of sp³-hybridized carbons (Fsp3) is 0.688. The fourth-order valence-corrected chi connectivity index (χ4v) is 2.21. The summed E-state index contributed by atoms with van der Waals surface area (Å²) in [6.45, 7) is 7.07. The highest BCUT2D eigenvalue weighted by Crippen LogP contribution is 2.36. The van der Waals surface area contributed by atoms with Gasteiger partial charge in [-0.05, 0) is 46.5 Å². The molecule has 0 saturated carbocycles. The molecule has 0 N–H and O–H groups in total. The number of rotatable bonds is 2. The van der Waals surface area contributed by atoms with Gasteiger partial charge in [0.05, 0.1) is 11.2 Å².